The van der Waals surface area contributed by atoms with E-state index in [1.165, 1.54) is 7.11 Å². The van der Waals surface area contributed by atoms with Crippen LogP contribution in [-0.4, -0.2) is 55.2 Å². The summed E-state index contributed by atoms with van der Waals surface area (Å²) < 4.78 is 14.7. The third kappa shape index (κ3) is 5.58. The number of hydrogen-bond acceptors (Lipinski definition) is 7. The van der Waals surface area contributed by atoms with Crippen LogP contribution in [0.3, 0.4) is 0 Å². The number of hydrogen-bond donors (Lipinski definition) is 2. The van der Waals surface area contributed by atoms with Crippen LogP contribution in [0, 0.1) is 19.8 Å². The van der Waals surface area contributed by atoms with Crippen LogP contribution in [0.2, 0.25) is 0 Å². The molecular formula is C19H28N2O7. The molecule has 156 valence electrons. The van der Waals surface area contributed by atoms with Crippen LogP contribution in [0.5, 0.6) is 0 Å². The molecule has 1 amide bonds. The van der Waals surface area contributed by atoms with Crippen LogP contribution in [0.25, 0.3) is 0 Å². The quantitative estimate of drug-likeness (QED) is 0.480. The lowest BCUT2D eigenvalue weighted by Gasteiger charge is -2.21. The van der Waals surface area contributed by atoms with E-state index in [-0.39, 0.29) is 23.8 Å². The molecule has 1 heterocycles. The lowest BCUT2D eigenvalue weighted by atomic mass is 9.99. The lowest BCUT2D eigenvalue weighted by Crippen LogP contribution is -2.47. The number of aromatic amines is 1. The average molecular weight is 396 g/mol. The standard InChI is InChI=1S/C19H28N2O7/c1-7-10(3)15(18(24)26-6)21-13(22)9-28-19(25)16-11(4)14(12(5)20-16)17(23)27-8-2/h10,15,20H,7-9H2,1-6H3,(H,21,22). The molecule has 0 aliphatic carbocycles. The molecule has 9 heteroatoms. The summed E-state index contributed by atoms with van der Waals surface area (Å²) in [5, 5.41) is 2.52. The van der Waals surface area contributed by atoms with Crippen LogP contribution < -0.4 is 5.32 Å². The van der Waals surface area contributed by atoms with Gasteiger partial charge in [0.25, 0.3) is 5.91 Å². The Kier molecular flexibility index (Phi) is 8.69. The molecule has 9 nitrogen and oxygen atoms in total. The zero-order chi connectivity index (χ0) is 21.4. The van der Waals surface area contributed by atoms with Gasteiger partial charge in [-0.05, 0) is 32.3 Å². The third-order valence-electron chi connectivity index (χ3n) is 4.44. The number of methoxy groups -OCH3 is 1. The lowest BCUT2D eigenvalue weighted by molar-refractivity contribution is -0.147. The number of rotatable bonds is 9. The Balaban J connectivity index is 2.79. The first-order valence-corrected chi connectivity index (χ1v) is 9.08. The summed E-state index contributed by atoms with van der Waals surface area (Å²) in [5.41, 5.74) is 1.18. The zero-order valence-corrected chi connectivity index (χ0v) is 17.1. The second-order valence-corrected chi connectivity index (χ2v) is 6.38. The van der Waals surface area contributed by atoms with Gasteiger partial charge in [0.2, 0.25) is 0 Å². The molecule has 1 aromatic rings. The smallest absolute Gasteiger partial charge is 0.355 e. The van der Waals surface area contributed by atoms with Crippen molar-refractivity contribution in [2.24, 2.45) is 5.92 Å². The highest BCUT2D eigenvalue weighted by molar-refractivity contribution is 5.99. The average Bonchev–Trinajstić information content (AvgIpc) is 2.97. The molecular weight excluding hydrogens is 368 g/mol. The van der Waals surface area contributed by atoms with E-state index in [4.69, 9.17) is 14.2 Å². The van der Waals surface area contributed by atoms with Gasteiger partial charge in [-0.15, -0.1) is 0 Å². The van der Waals surface area contributed by atoms with Crippen molar-refractivity contribution in [3.8, 4) is 0 Å². The summed E-state index contributed by atoms with van der Waals surface area (Å²) in [6.45, 7) is 8.22. The maximum absolute atomic E-state index is 12.3. The molecule has 0 aromatic carbocycles. The number of amides is 1. The highest BCUT2D eigenvalue weighted by Crippen LogP contribution is 2.20. The zero-order valence-electron chi connectivity index (χ0n) is 17.1. The minimum Gasteiger partial charge on any atom is -0.467 e. The van der Waals surface area contributed by atoms with Crippen LogP contribution in [0.15, 0.2) is 0 Å². The molecule has 2 unspecified atom stereocenters. The number of aromatic nitrogens is 1. The Morgan fingerprint density at radius 1 is 1.07 bits per heavy atom. The van der Waals surface area contributed by atoms with Crippen molar-refractivity contribution < 1.29 is 33.4 Å². The first-order valence-electron chi connectivity index (χ1n) is 9.08. The first-order chi connectivity index (χ1) is 13.2. The van der Waals surface area contributed by atoms with Crippen molar-refractivity contribution in [3.63, 3.8) is 0 Å². The number of nitrogens with one attached hydrogen (secondary N) is 2. The molecule has 2 N–H and O–H groups in total. The van der Waals surface area contributed by atoms with Crippen molar-refractivity contribution >= 4 is 23.8 Å². The number of H-pyrrole nitrogens is 1. The topological polar surface area (TPSA) is 124 Å². The number of carbonyl (C=O) groups is 4. The van der Waals surface area contributed by atoms with Crippen molar-refractivity contribution in [3.05, 3.63) is 22.5 Å². The van der Waals surface area contributed by atoms with E-state index in [0.29, 0.717) is 17.7 Å². The van der Waals surface area contributed by atoms with Crippen molar-refractivity contribution in [1.29, 1.82) is 0 Å². The van der Waals surface area contributed by atoms with E-state index in [0.717, 1.165) is 0 Å². The van der Waals surface area contributed by atoms with E-state index in [9.17, 15) is 19.2 Å². The fraction of sp³-hybridized carbons (Fsp3) is 0.579. The van der Waals surface area contributed by atoms with E-state index in [2.05, 4.69) is 10.3 Å². The normalized spacial score (nSPS) is 12.6. The van der Waals surface area contributed by atoms with Crippen LogP contribution in [-0.2, 0) is 23.8 Å². The van der Waals surface area contributed by atoms with Crippen molar-refractivity contribution in [2.45, 2.75) is 47.1 Å². The van der Waals surface area contributed by atoms with Crippen LogP contribution >= 0.6 is 0 Å². The maximum Gasteiger partial charge on any atom is 0.355 e. The monoisotopic (exact) mass is 396 g/mol. The molecule has 1 aromatic heterocycles. The molecule has 0 saturated carbocycles. The molecule has 1 rings (SSSR count). The largest absolute Gasteiger partial charge is 0.467 e. The van der Waals surface area contributed by atoms with Gasteiger partial charge >= 0.3 is 17.9 Å². The number of ether oxygens (including phenoxy) is 3. The predicted octanol–water partition coefficient (Wildman–Crippen LogP) is 1.67. The van der Waals surface area contributed by atoms with Gasteiger partial charge in [0, 0.05) is 5.69 Å². The molecule has 0 spiro atoms. The highest BCUT2D eigenvalue weighted by Gasteiger charge is 2.28. The van der Waals surface area contributed by atoms with E-state index in [1.807, 2.05) is 6.92 Å². The summed E-state index contributed by atoms with van der Waals surface area (Å²) in [7, 11) is 1.24. The fourth-order valence-corrected chi connectivity index (χ4v) is 2.68. The first kappa shape index (κ1) is 23.2. The fourth-order valence-electron chi connectivity index (χ4n) is 2.68. The Morgan fingerprint density at radius 2 is 1.71 bits per heavy atom. The van der Waals surface area contributed by atoms with Gasteiger partial charge in [-0.2, -0.15) is 0 Å². The van der Waals surface area contributed by atoms with Crippen LogP contribution in [0.4, 0.5) is 0 Å². The highest BCUT2D eigenvalue weighted by atomic mass is 16.5. The van der Waals surface area contributed by atoms with Gasteiger partial charge in [0.05, 0.1) is 19.3 Å². The van der Waals surface area contributed by atoms with E-state index >= 15 is 0 Å². The Bertz CT molecular complexity index is 739. The maximum atomic E-state index is 12.3. The minimum atomic E-state index is -0.828. The Morgan fingerprint density at radius 3 is 2.25 bits per heavy atom. The number of aryl methyl sites for hydroxylation is 1. The molecule has 0 aliphatic heterocycles. The summed E-state index contributed by atoms with van der Waals surface area (Å²) in [5.74, 6) is -2.67. The van der Waals surface area contributed by atoms with Gasteiger partial charge in [0.15, 0.2) is 6.61 Å². The van der Waals surface area contributed by atoms with Crippen molar-refractivity contribution in [2.75, 3.05) is 20.3 Å². The Labute approximate surface area is 164 Å². The molecule has 0 fully saturated rings. The van der Waals surface area contributed by atoms with Gasteiger partial charge in [-0.25, -0.2) is 14.4 Å². The predicted molar refractivity (Wildman–Crippen MR) is 99.9 cm³/mol. The minimum absolute atomic E-state index is 0.0693. The summed E-state index contributed by atoms with van der Waals surface area (Å²) >= 11 is 0. The second-order valence-electron chi connectivity index (χ2n) is 6.38. The molecule has 28 heavy (non-hydrogen) atoms. The SMILES string of the molecule is CCOC(=O)c1c(C)[nH]c(C(=O)OCC(=O)NC(C(=O)OC)C(C)CC)c1C. The van der Waals surface area contributed by atoms with Gasteiger partial charge < -0.3 is 24.5 Å². The van der Waals surface area contributed by atoms with Gasteiger partial charge in [-0.1, -0.05) is 20.3 Å². The van der Waals surface area contributed by atoms with E-state index < -0.39 is 36.5 Å². The molecule has 2 atom stereocenters. The van der Waals surface area contributed by atoms with Crippen molar-refractivity contribution in [1.82, 2.24) is 10.3 Å². The number of esters is 3. The van der Waals surface area contributed by atoms with E-state index in [1.54, 1.807) is 27.7 Å². The van der Waals surface area contributed by atoms with Gasteiger partial charge in [-0.3, -0.25) is 4.79 Å². The summed E-state index contributed by atoms with van der Waals surface area (Å²) in [4.78, 5) is 51.0. The summed E-state index contributed by atoms with van der Waals surface area (Å²) in [6, 6.07) is -0.828. The van der Waals surface area contributed by atoms with Gasteiger partial charge in [0.1, 0.15) is 11.7 Å². The molecule has 0 bridgehead atoms. The number of carbonyl (C=O) groups excluding carboxylic acids is 4. The third-order valence-corrected chi connectivity index (χ3v) is 4.44. The summed E-state index contributed by atoms with van der Waals surface area (Å²) in [6.07, 6.45) is 0.650. The van der Waals surface area contributed by atoms with Crippen LogP contribution in [0.1, 0.15) is 59.3 Å². The molecule has 0 radical (unpaired) electrons. The Hall–Kier alpha value is -2.84. The molecule has 0 aliphatic rings. The molecule has 0 saturated heterocycles. The second kappa shape index (κ2) is 10.5.